The van der Waals surface area contributed by atoms with Crippen molar-refractivity contribution in [2.75, 3.05) is 0 Å². The van der Waals surface area contributed by atoms with Crippen LogP contribution in [0.1, 0.15) is 12.5 Å². The third kappa shape index (κ3) is 3.16. The van der Waals surface area contributed by atoms with E-state index in [1.54, 1.807) is 6.92 Å². The molecule has 2 radical (unpaired) electrons. The van der Waals surface area contributed by atoms with Crippen LogP contribution in [-0.4, -0.2) is 7.85 Å². The molecule has 0 atom stereocenters. The Labute approximate surface area is 89.6 Å². The number of halogens is 1. The Morgan fingerprint density at radius 2 is 2.27 bits per heavy atom. The lowest BCUT2D eigenvalue weighted by molar-refractivity contribution is 0.357. The Morgan fingerprint density at radius 3 is 2.80 bits per heavy atom. The molecule has 1 aromatic carbocycles. The van der Waals surface area contributed by atoms with E-state index in [0.29, 0.717) is 17.0 Å². The van der Waals surface area contributed by atoms with Crippen LogP contribution >= 0.6 is 0 Å². The summed E-state index contributed by atoms with van der Waals surface area (Å²) in [6.45, 7) is 5.24. The molecule has 0 saturated carbocycles. The molecule has 0 aliphatic heterocycles. The van der Waals surface area contributed by atoms with E-state index in [1.165, 1.54) is 24.5 Å². The minimum Gasteiger partial charge on any atom is -0.468 e. The van der Waals surface area contributed by atoms with Gasteiger partial charge in [0.2, 0.25) is 0 Å². The second-order valence-electron chi connectivity index (χ2n) is 3.13. The molecule has 76 valence electrons. The van der Waals surface area contributed by atoms with E-state index in [2.05, 4.69) is 6.58 Å². The van der Waals surface area contributed by atoms with Crippen molar-refractivity contribution in [2.45, 2.75) is 6.92 Å². The van der Waals surface area contributed by atoms with E-state index in [-0.39, 0.29) is 5.46 Å². The summed E-state index contributed by atoms with van der Waals surface area (Å²) in [4.78, 5) is 0. The van der Waals surface area contributed by atoms with Crippen molar-refractivity contribution < 1.29 is 9.13 Å². The summed E-state index contributed by atoms with van der Waals surface area (Å²) in [5, 5.41) is 0. The highest BCUT2D eigenvalue weighted by atomic mass is 19.1. The number of nitrogens with two attached hydrogens (primary N) is 1. The number of ether oxygens (including phenoxy) is 1. The van der Waals surface area contributed by atoms with E-state index in [4.69, 9.17) is 18.3 Å². The molecule has 15 heavy (non-hydrogen) atoms. The molecule has 0 heterocycles. The highest BCUT2D eigenvalue weighted by molar-refractivity contribution is 6.32. The van der Waals surface area contributed by atoms with Crippen LogP contribution in [0.5, 0.6) is 0 Å². The van der Waals surface area contributed by atoms with Crippen LogP contribution in [-0.2, 0) is 4.74 Å². The van der Waals surface area contributed by atoms with Crippen molar-refractivity contribution in [3.63, 3.8) is 0 Å². The quantitative estimate of drug-likeness (QED) is 0.595. The van der Waals surface area contributed by atoms with E-state index in [1.807, 2.05) is 0 Å². The van der Waals surface area contributed by atoms with E-state index >= 15 is 0 Å². The summed E-state index contributed by atoms with van der Waals surface area (Å²) in [6.07, 6.45) is 1.34. The molecule has 2 nitrogen and oxygen atoms in total. The van der Waals surface area contributed by atoms with Gasteiger partial charge in [0.1, 0.15) is 19.9 Å². The summed E-state index contributed by atoms with van der Waals surface area (Å²) in [7, 11) is 5.40. The molecule has 0 spiro atoms. The van der Waals surface area contributed by atoms with Crippen molar-refractivity contribution in [3.05, 3.63) is 48.2 Å². The Morgan fingerprint density at radius 1 is 1.60 bits per heavy atom. The van der Waals surface area contributed by atoms with Gasteiger partial charge in [-0.25, -0.2) is 4.39 Å². The molecule has 0 saturated heterocycles. The first-order valence-electron chi connectivity index (χ1n) is 4.34. The minimum atomic E-state index is -0.465. The number of benzene rings is 1. The zero-order valence-corrected chi connectivity index (χ0v) is 8.46. The molecular formula is C11H11BFNO. The highest BCUT2D eigenvalue weighted by Crippen LogP contribution is 2.09. The van der Waals surface area contributed by atoms with E-state index < -0.39 is 5.82 Å². The van der Waals surface area contributed by atoms with Crippen molar-refractivity contribution in [3.8, 4) is 0 Å². The SMILES string of the molecule is [B]c1cc(/C(N)=C/OC(=C)C)ccc1F. The van der Waals surface area contributed by atoms with Gasteiger partial charge in [0.15, 0.2) is 0 Å². The Hall–Kier alpha value is -1.71. The van der Waals surface area contributed by atoms with Crippen molar-refractivity contribution >= 4 is 19.0 Å². The van der Waals surface area contributed by atoms with Gasteiger partial charge in [-0.05, 0) is 19.1 Å². The molecule has 0 unspecified atom stereocenters. The molecule has 0 aliphatic carbocycles. The molecule has 0 amide bonds. The van der Waals surface area contributed by atoms with Gasteiger partial charge in [-0.2, -0.15) is 0 Å². The number of allylic oxidation sites excluding steroid dienone is 1. The lowest BCUT2D eigenvalue weighted by Crippen LogP contribution is -2.10. The summed E-state index contributed by atoms with van der Waals surface area (Å²) >= 11 is 0. The van der Waals surface area contributed by atoms with Crippen molar-refractivity contribution in [2.24, 2.45) is 5.73 Å². The molecule has 2 N–H and O–H groups in total. The fraction of sp³-hybridized carbons (Fsp3) is 0.0909. The van der Waals surface area contributed by atoms with Gasteiger partial charge < -0.3 is 10.5 Å². The molecule has 0 aromatic heterocycles. The fourth-order valence-electron chi connectivity index (χ4n) is 0.955. The smallest absolute Gasteiger partial charge is 0.117 e. The predicted molar refractivity (Wildman–Crippen MR) is 59.9 cm³/mol. The average molecular weight is 203 g/mol. The van der Waals surface area contributed by atoms with Crippen LogP contribution in [0.25, 0.3) is 5.70 Å². The molecule has 0 bridgehead atoms. The number of rotatable bonds is 3. The first-order valence-corrected chi connectivity index (χ1v) is 4.34. The lowest BCUT2D eigenvalue weighted by atomic mass is 9.93. The average Bonchev–Trinajstić information content (AvgIpc) is 2.18. The second-order valence-corrected chi connectivity index (χ2v) is 3.13. The molecule has 0 fully saturated rings. The van der Waals surface area contributed by atoms with E-state index in [9.17, 15) is 4.39 Å². The molecular weight excluding hydrogens is 192 g/mol. The topological polar surface area (TPSA) is 35.2 Å². The maximum Gasteiger partial charge on any atom is 0.117 e. The summed E-state index contributed by atoms with van der Waals surface area (Å²) in [6, 6.07) is 4.23. The van der Waals surface area contributed by atoms with Gasteiger partial charge in [-0.3, -0.25) is 0 Å². The Bertz CT molecular complexity index is 415. The largest absolute Gasteiger partial charge is 0.468 e. The number of hydrogen-bond acceptors (Lipinski definition) is 2. The van der Waals surface area contributed by atoms with Crippen LogP contribution in [0.2, 0.25) is 0 Å². The van der Waals surface area contributed by atoms with Gasteiger partial charge in [0.05, 0.1) is 11.5 Å². The third-order valence-corrected chi connectivity index (χ3v) is 1.72. The van der Waals surface area contributed by atoms with Gasteiger partial charge in [-0.1, -0.05) is 18.1 Å². The van der Waals surface area contributed by atoms with Crippen molar-refractivity contribution in [1.82, 2.24) is 0 Å². The van der Waals surface area contributed by atoms with Crippen LogP contribution < -0.4 is 11.2 Å². The highest BCUT2D eigenvalue weighted by Gasteiger charge is 2.01. The van der Waals surface area contributed by atoms with Gasteiger partial charge in [0.25, 0.3) is 0 Å². The van der Waals surface area contributed by atoms with E-state index in [0.717, 1.165) is 0 Å². The molecule has 1 aromatic rings. The zero-order chi connectivity index (χ0) is 11.4. The standard InChI is InChI=1S/C11H11BFNO/c1-7(2)15-6-11(14)8-3-4-10(13)9(12)5-8/h3-6H,1,14H2,2H3/b11-6-. The van der Waals surface area contributed by atoms with Crippen molar-refractivity contribution in [1.29, 1.82) is 0 Å². The molecule has 1 rings (SSSR count). The maximum absolute atomic E-state index is 12.8. The van der Waals surface area contributed by atoms with Gasteiger partial charge in [0, 0.05) is 5.56 Å². The lowest BCUT2D eigenvalue weighted by Gasteiger charge is -2.05. The van der Waals surface area contributed by atoms with Crippen LogP contribution in [0.3, 0.4) is 0 Å². The summed E-state index contributed by atoms with van der Waals surface area (Å²) in [5.41, 5.74) is 6.71. The molecule has 0 aliphatic rings. The third-order valence-electron chi connectivity index (χ3n) is 1.72. The predicted octanol–water partition coefficient (Wildman–Crippen LogP) is 1.43. The first-order chi connectivity index (χ1) is 7.00. The normalized spacial score (nSPS) is 11.2. The van der Waals surface area contributed by atoms with Gasteiger partial charge >= 0.3 is 0 Å². The minimum absolute atomic E-state index is 0.0548. The van der Waals surface area contributed by atoms with Gasteiger partial charge in [-0.15, -0.1) is 0 Å². The Balaban J connectivity index is 2.91. The first kappa shape index (κ1) is 11.4. The molecule has 4 heteroatoms. The van der Waals surface area contributed by atoms with Crippen LogP contribution in [0.4, 0.5) is 4.39 Å². The zero-order valence-electron chi connectivity index (χ0n) is 8.46. The van der Waals surface area contributed by atoms with Crippen LogP contribution in [0.15, 0.2) is 36.8 Å². The Kier molecular flexibility index (Phi) is 3.55. The maximum atomic E-state index is 12.8. The summed E-state index contributed by atoms with van der Waals surface area (Å²) < 4.78 is 17.9. The monoisotopic (exact) mass is 203 g/mol. The number of hydrogen-bond donors (Lipinski definition) is 1. The second kappa shape index (κ2) is 4.69. The fourth-order valence-corrected chi connectivity index (χ4v) is 0.955. The summed E-state index contributed by atoms with van der Waals surface area (Å²) in [5.74, 6) is 0.0559. The van der Waals surface area contributed by atoms with Crippen LogP contribution in [0, 0.1) is 5.82 Å².